The summed E-state index contributed by atoms with van der Waals surface area (Å²) in [6, 6.07) is 0. The summed E-state index contributed by atoms with van der Waals surface area (Å²) in [5.74, 6) is -0.641. The van der Waals surface area contributed by atoms with E-state index in [0.717, 1.165) is 32.3 Å². The SMILES string of the molecule is C1CCC2(OC1)O[C@H]1CCCC[C@H]1O2. The van der Waals surface area contributed by atoms with Crippen molar-refractivity contribution >= 4 is 0 Å². The van der Waals surface area contributed by atoms with Crippen molar-refractivity contribution in [3.63, 3.8) is 0 Å². The molecular weight excluding hydrogens is 180 g/mol. The maximum atomic E-state index is 5.95. The molecule has 3 rings (SSSR count). The first kappa shape index (κ1) is 9.13. The highest BCUT2D eigenvalue weighted by Crippen LogP contribution is 2.41. The van der Waals surface area contributed by atoms with E-state index in [0.29, 0.717) is 12.2 Å². The van der Waals surface area contributed by atoms with E-state index in [4.69, 9.17) is 14.2 Å². The molecule has 0 aromatic rings. The molecule has 1 unspecified atom stereocenters. The second-order valence-electron chi connectivity index (χ2n) is 4.59. The van der Waals surface area contributed by atoms with E-state index in [1.54, 1.807) is 0 Å². The Balaban J connectivity index is 1.71. The van der Waals surface area contributed by atoms with Crippen molar-refractivity contribution in [3.8, 4) is 0 Å². The summed E-state index contributed by atoms with van der Waals surface area (Å²) in [7, 11) is 0. The Morgan fingerprint density at radius 2 is 1.57 bits per heavy atom. The predicted octanol–water partition coefficient (Wildman–Crippen LogP) is 2.20. The molecule has 3 atom stereocenters. The van der Waals surface area contributed by atoms with E-state index in [1.807, 2.05) is 0 Å². The summed E-state index contributed by atoms with van der Waals surface area (Å²) in [6.45, 7) is 0.791. The third-order valence-electron chi connectivity index (χ3n) is 3.50. The first-order chi connectivity index (χ1) is 6.88. The lowest BCUT2D eigenvalue weighted by molar-refractivity contribution is -0.355. The minimum absolute atomic E-state index is 0.307. The highest BCUT2D eigenvalue weighted by Gasteiger charge is 2.49. The summed E-state index contributed by atoms with van der Waals surface area (Å²) in [4.78, 5) is 0. The van der Waals surface area contributed by atoms with Crippen molar-refractivity contribution in [1.82, 2.24) is 0 Å². The van der Waals surface area contributed by atoms with Gasteiger partial charge in [-0.2, -0.15) is 0 Å². The molecule has 3 aliphatic rings. The van der Waals surface area contributed by atoms with Crippen molar-refractivity contribution in [1.29, 1.82) is 0 Å². The van der Waals surface area contributed by atoms with Crippen LogP contribution in [0, 0.1) is 0 Å². The zero-order chi connectivity index (χ0) is 9.43. The van der Waals surface area contributed by atoms with Gasteiger partial charge in [0.15, 0.2) is 0 Å². The molecule has 0 N–H and O–H groups in total. The van der Waals surface area contributed by atoms with Crippen LogP contribution in [0.4, 0.5) is 0 Å². The van der Waals surface area contributed by atoms with Crippen LogP contribution in [0.5, 0.6) is 0 Å². The molecule has 0 radical (unpaired) electrons. The Hall–Kier alpha value is -0.120. The molecule has 2 saturated heterocycles. The van der Waals surface area contributed by atoms with E-state index < -0.39 is 5.97 Å². The zero-order valence-corrected chi connectivity index (χ0v) is 8.54. The van der Waals surface area contributed by atoms with Gasteiger partial charge in [0.25, 0.3) is 5.97 Å². The van der Waals surface area contributed by atoms with E-state index in [1.165, 1.54) is 19.3 Å². The van der Waals surface area contributed by atoms with Gasteiger partial charge >= 0.3 is 0 Å². The average Bonchev–Trinajstić information content (AvgIpc) is 2.56. The molecule has 0 amide bonds. The van der Waals surface area contributed by atoms with E-state index in [2.05, 4.69) is 0 Å². The molecule has 3 fully saturated rings. The zero-order valence-electron chi connectivity index (χ0n) is 8.54. The van der Waals surface area contributed by atoms with Crippen LogP contribution < -0.4 is 0 Å². The normalized spacial score (nSPS) is 48.0. The minimum Gasteiger partial charge on any atom is -0.327 e. The highest BCUT2D eigenvalue weighted by atomic mass is 16.9. The molecule has 14 heavy (non-hydrogen) atoms. The highest BCUT2D eigenvalue weighted by molar-refractivity contribution is 4.85. The van der Waals surface area contributed by atoms with Crippen molar-refractivity contribution in [2.24, 2.45) is 0 Å². The van der Waals surface area contributed by atoms with Gasteiger partial charge in [0.1, 0.15) is 0 Å². The predicted molar refractivity (Wildman–Crippen MR) is 50.7 cm³/mol. The maximum Gasteiger partial charge on any atom is 0.283 e. The standard InChI is InChI=1S/C11H18O3/c1-2-6-10-9(5-1)13-11(14-10)7-3-4-8-12-11/h9-10H,1-8H2/t9-,10+,11?. The quantitative estimate of drug-likeness (QED) is 0.597. The van der Waals surface area contributed by atoms with Gasteiger partial charge < -0.3 is 14.2 Å². The molecule has 1 spiro atoms. The Bertz CT molecular complexity index is 195. The van der Waals surface area contributed by atoms with Crippen LogP contribution in [0.25, 0.3) is 0 Å². The largest absolute Gasteiger partial charge is 0.327 e. The fourth-order valence-electron chi connectivity index (χ4n) is 2.75. The molecule has 0 bridgehead atoms. The lowest BCUT2D eigenvalue weighted by atomic mass is 9.95. The smallest absolute Gasteiger partial charge is 0.283 e. The third-order valence-corrected chi connectivity index (χ3v) is 3.50. The molecular formula is C11H18O3. The van der Waals surface area contributed by atoms with Crippen LogP contribution in [-0.2, 0) is 14.2 Å². The monoisotopic (exact) mass is 198 g/mol. The fraction of sp³-hybridized carbons (Fsp3) is 1.00. The topological polar surface area (TPSA) is 27.7 Å². The molecule has 3 nitrogen and oxygen atoms in total. The van der Waals surface area contributed by atoms with Crippen molar-refractivity contribution in [3.05, 3.63) is 0 Å². The van der Waals surface area contributed by atoms with E-state index in [-0.39, 0.29) is 0 Å². The van der Waals surface area contributed by atoms with Crippen LogP contribution in [0.15, 0.2) is 0 Å². The van der Waals surface area contributed by atoms with Gasteiger partial charge in [0.2, 0.25) is 0 Å². The van der Waals surface area contributed by atoms with Crippen LogP contribution >= 0.6 is 0 Å². The molecule has 2 aliphatic heterocycles. The fourth-order valence-corrected chi connectivity index (χ4v) is 2.75. The minimum atomic E-state index is -0.641. The number of rotatable bonds is 0. The Labute approximate surface area is 84.7 Å². The molecule has 3 heteroatoms. The maximum absolute atomic E-state index is 5.95. The molecule has 80 valence electrons. The third kappa shape index (κ3) is 1.47. The second kappa shape index (κ2) is 3.47. The number of hydrogen-bond donors (Lipinski definition) is 0. The van der Waals surface area contributed by atoms with Gasteiger partial charge in [0, 0.05) is 6.42 Å². The second-order valence-corrected chi connectivity index (χ2v) is 4.59. The van der Waals surface area contributed by atoms with E-state index >= 15 is 0 Å². The van der Waals surface area contributed by atoms with Crippen LogP contribution in [0.3, 0.4) is 0 Å². The molecule has 0 aromatic carbocycles. The van der Waals surface area contributed by atoms with Gasteiger partial charge in [-0.15, -0.1) is 0 Å². The molecule has 2 heterocycles. The average molecular weight is 198 g/mol. The van der Waals surface area contributed by atoms with E-state index in [9.17, 15) is 0 Å². The van der Waals surface area contributed by atoms with Crippen molar-refractivity contribution < 1.29 is 14.2 Å². The summed E-state index contributed by atoms with van der Waals surface area (Å²) < 4.78 is 17.6. The summed E-state index contributed by atoms with van der Waals surface area (Å²) >= 11 is 0. The Kier molecular flexibility index (Phi) is 2.26. The van der Waals surface area contributed by atoms with Gasteiger partial charge in [0.05, 0.1) is 18.8 Å². The number of ether oxygens (including phenoxy) is 3. The number of hydrogen-bond acceptors (Lipinski definition) is 3. The lowest BCUT2D eigenvalue weighted by Gasteiger charge is -2.31. The molecule has 1 aliphatic carbocycles. The van der Waals surface area contributed by atoms with Crippen LogP contribution in [0.1, 0.15) is 44.9 Å². The van der Waals surface area contributed by atoms with Crippen LogP contribution in [-0.4, -0.2) is 24.8 Å². The Morgan fingerprint density at radius 1 is 0.857 bits per heavy atom. The lowest BCUT2D eigenvalue weighted by Crippen LogP contribution is -2.38. The van der Waals surface area contributed by atoms with Crippen LogP contribution in [0.2, 0.25) is 0 Å². The number of fused-ring (bicyclic) bond motifs is 1. The summed E-state index contributed by atoms with van der Waals surface area (Å²) in [5, 5.41) is 0. The summed E-state index contributed by atoms with van der Waals surface area (Å²) in [5.41, 5.74) is 0. The van der Waals surface area contributed by atoms with Gasteiger partial charge in [-0.05, 0) is 25.7 Å². The Morgan fingerprint density at radius 3 is 2.14 bits per heavy atom. The first-order valence-corrected chi connectivity index (χ1v) is 5.88. The molecule has 0 aromatic heterocycles. The summed E-state index contributed by atoms with van der Waals surface area (Å²) in [6.07, 6.45) is 8.69. The van der Waals surface area contributed by atoms with Crippen molar-refractivity contribution in [2.75, 3.05) is 6.61 Å². The van der Waals surface area contributed by atoms with Gasteiger partial charge in [-0.3, -0.25) is 0 Å². The molecule has 1 saturated carbocycles. The van der Waals surface area contributed by atoms with Gasteiger partial charge in [-0.25, -0.2) is 0 Å². The van der Waals surface area contributed by atoms with Gasteiger partial charge in [-0.1, -0.05) is 12.8 Å². The van der Waals surface area contributed by atoms with Crippen molar-refractivity contribution in [2.45, 2.75) is 63.1 Å². The first-order valence-electron chi connectivity index (χ1n) is 5.88.